The minimum Gasteiger partial charge on any atom is -0.489 e. The van der Waals surface area contributed by atoms with E-state index in [1.54, 1.807) is 25.1 Å². The largest absolute Gasteiger partial charge is 0.489 e. The van der Waals surface area contributed by atoms with Crippen LogP contribution >= 0.6 is 27.5 Å². The summed E-state index contributed by atoms with van der Waals surface area (Å²) in [5.74, 6) is 0.652. The Morgan fingerprint density at radius 3 is 2.74 bits per heavy atom. The third-order valence-electron chi connectivity index (χ3n) is 2.71. The van der Waals surface area contributed by atoms with Crippen LogP contribution in [0, 0.1) is 0 Å². The molecule has 0 amide bonds. The van der Waals surface area contributed by atoms with E-state index in [1.807, 2.05) is 24.3 Å². The Labute approximate surface area is 126 Å². The summed E-state index contributed by atoms with van der Waals surface area (Å²) in [6.45, 7) is 2.14. The van der Waals surface area contributed by atoms with Crippen LogP contribution in [-0.2, 0) is 6.61 Å². The number of aliphatic hydroxyl groups is 1. The lowest BCUT2D eigenvalue weighted by Crippen LogP contribution is -2.01. The zero-order valence-corrected chi connectivity index (χ0v) is 12.8. The van der Waals surface area contributed by atoms with Gasteiger partial charge in [0.25, 0.3) is 0 Å². The lowest BCUT2D eigenvalue weighted by molar-refractivity contribution is 0.190. The second kappa shape index (κ2) is 6.42. The Hall–Kier alpha value is -1.03. The molecule has 0 aliphatic rings. The predicted molar refractivity (Wildman–Crippen MR) is 80.6 cm³/mol. The zero-order valence-electron chi connectivity index (χ0n) is 10.4. The summed E-state index contributed by atoms with van der Waals surface area (Å²) < 4.78 is 6.77. The maximum Gasteiger partial charge on any atom is 0.125 e. The standard InChI is InChI=1S/C15H14BrClO2/c1-10(18)14-8-13(17)5-6-15(14)19-9-11-3-2-4-12(16)7-11/h2-8,10,18H,9H2,1H3/t10-/m0/s1. The number of hydrogen-bond donors (Lipinski definition) is 1. The van der Waals surface area contributed by atoms with Crippen molar-refractivity contribution in [2.75, 3.05) is 0 Å². The van der Waals surface area contributed by atoms with E-state index in [0.29, 0.717) is 22.9 Å². The first kappa shape index (κ1) is 14.4. The molecule has 0 spiro atoms. The summed E-state index contributed by atoms with van der Waals surface area (Å²) in [5.41, 5.74) is 1.75. The molecule has 0 saturated heterocycles. The highest BCUT2D eigenvalue weighted by atomic mass is 79.9. The molecule has 0 heterocycles. The quantitative estimate of drug-likeness (QED) is 0.870. The molecule has 0 unspecified atom stereocenters. The van der Waals surface area contributed by atoms with Crippen molar-refractivity contribution in [2.45, 2.75) is 19.6 Å². The Morgan fingerprint density at radius 2 is 2.05 bits per heavy atom. The number of hydrogen-bond acceptors (Lipinski definition) is 2. The number of aliphatic hydroxyl groups excluding tert-OH is 1. The summed E-state index contributed by atoms with van der Waals surface area (Å²) in [4.78, 5) is 0. The maximum absolute atomic E-state index is 9.72. The van der Waals surface area contributed by atoms with Crippen molar-refractivity contribution in [1.82, 2.24) is 0 Å². The predicted octanol–water partition coefficient (Wildman–Crippen LogP) is 4.73. The molecule has 19 heavy (non-hydrogen) atoms. The molecular weight excluding hydrogens is 328 g/mol. The van der Waals surface area contributed by atoms with E-state index in [-0.39, 0.29) is 0 Å². The molecule has 1 atom stereocenters. The van der Waals surface area contributed by atoms with Crippen LogP contribution in [0.5, 0.6) is 5.75 Å². The van der Waals surface area contributed by atoms with Crippen molar-refractivity contribution in [2.24, 2.45) is 0 Å². The van der Waals surface area contributed by atoms with Gasteiger partial charge in [-0.1, -0.05) is 39.7 Å². The highest BCUT2D eigenvalue weighted by Crippen LogP contribution is 2.29. The Bertz CT molecular complexity index is 570. The third-order valence-corrected chi connectivity index (χ3v) is 3.43. The zero-order chi connectivity index (χ0) is 13.8. The molecule has 0 fully saturated rings. The SMILES string of the molecule is C[C@H](O)c1cc(Cl)ccc1OCc1cccc(Br)c1. The summed E-state index contributed by atoms with van der Waals surface area (Å²) in [5, 5.41) is 10.3. The van der Waals surface area contributed by atoms with Gasteiger partial charge in [0.1, 0.15) is 12.4 Å². The van der Waals surface area contributed by atoms with Gasteiger partial charge < -0.3 is 9.84 Å². The van der Waals surface area contributed by atoms with E-state index in [0.717, 1.165) is 10.0 Å². The summed E-state index contributed by atoms with van der Waals surface area (Å²) in [7, 11) is 0. The van der Waals surface area contributed by atoms with Crippen LogP contribution in [-0.4, -0.2) is 5.11 Å². The third kappa shape index (κ3) is 3.96. The van der Waals surface area contributed by atoms with Gasteiger partial charge in [-0.3, -0.25) is 0 Å². The molecule has 0 aliphatic heterocycles. The first-order valence-corrected chi connectivity index (χ1v) is 7.08. The van der Waals surface area contributed by atoms with Gasteiger partial charge in [-0.15, -0.1) is 0 Å². The van der Waals surface area contributed by atoms with Gasteiger partial charge in [0, 0.05) is 15.1 Å². The molecular formula is C15H14BrClO2. The summed E-state index contributed by atoms with van der Waals surface area (Å²) in [6.07, 6.45) is -0.615. The summed E-state index contributed by atoms with van der Waals surface area (Å²) in [6, 6.07) is 13.2. The van der Waals surface area contributed by atoms with Crippen molar-refractivity contribution >= 4 is 27.5 Å². The molecule has 0 aliphatic carbocycles. The van der Waals surface area contributed by atoms with Crippen LogP contribution in [0.25, 0.3) is 0 Å². The number of ether oxygens (including phenoxy) is 1. The van der Waals surface area contributed by atoms with Crippen molar-refractivity contribution in [3.63, 3.8) is 0 Å². The van der Waals surface area contributed by atoms with Crippen LogP contribution in [0.3, 0.4) is 0 Å². The Balaban J connectivity index is 2.15. The van der Waals surface area contributed by atoms with Gasteiger partial charge in [0.05, 0.1) is 6.10 Å². The van der Waals surface area contributed by atoms with Gasteiger partial charge in [-0.05, 0) is 42.8 Å². The Morgan fingerprint density at radius 1 is 1.26 bits per heavy atom. The molecule has 0 saturated carbocycles. The average Bonchev–Trinajstić information content (AvgIpc) is 2.37. The van der Waals surface area contributed by atoms with Crippen LogP contribution < -0.4 is 4.74 Å². The van der Waals surface area contributed by atoms with Gasteiger partial charge in [-0.25, -0.2) is 0 Å². The normalized spacial score (nSPS) is 12.2. The van der Waals surface area contributed by atoms with E-state index in [1.165, 1.54) is 0 Å². The van der Waals surface area contributed by atoms with E-state index >= 15 is 0 Å². The lowest BCUT2D eigenvalue weighted by Gasteiger charge is -2.14. The fourth-order valence-corrected chi connectivity index (χ4v) is 2.39. The number of benzene rings is 2. The van der Waals surface area contributed by atoms with Gasteiger partial charge in [-0.2, -0.15) is 0 Å². The highest BCUT2D eigenvalue weighted by Gasteiger charge is 2.10. The van der Waals surface area contributed by atoms with E-state index in [2.05, 4.69) is 15.9 Å². The smallest absolute Gasteiger partial charge is 0.125 e. The Kier molecular flexibility index (Phi) is 4.86. The van der Waals surface area contributed by atoms with Gasteiger partial charge in [0.2, 0.25) is 0 Å². The molecule has 2 rings (SSSR count). The molecule has 0 bridgehead atoms. The van der Waals surface area contributed by atoms with Crippen molar-refractivity contribution in [3.8, 4) is 5.75 Å². The highest BCUT2D eigenvalue weighted by molar-refractivity contribution is 9.10. The van der Waals surface area contributed by atoms with E-state index in [9.17, 15) is 5.11 Å². The fourth-order valence-electron chi connectivity index (χ4n) is 1.77. The first-order valence-electron chi connectivity index (χ1n) is 5.91. The van der Waals surface area contributed by atoms with Crippen LogP contribution in [0.4, 0.5) is 0 Å². The van der Waals surface area contributed by atoms with E-state index in [4.69, 9.17) is 16.3 Å². The topological polar surface area (TPSA) is 29.5 Å². The first-order chi connectivity index (χ1) is 9.06. The number of rotatable bonds is 4. The van der Waals surface area contributed by atoms with Crippen molar-refractivity contribution < 1.29 is 9.84 Å². The van der Waals surface area contributed by atoms with Gasteiger partial charge in [0.15, 0.2) is 0 Å². The minimum atomic E-state index is -0.615. The van der Waals surface area contributed by atoms with Crippen molar-refractivity contribution in [1.29, 1.82) is 0 Å². The number of halogens is 2. The maximum atomic E-state index is 9.72. The fraction of sp³-hybridized carbons (Fsp3) is 0.200. The molecule has 0 radical (unpaired) electrons. The summed E-state index contributed by atoms with van der Waals surface area (Å²) >= 11 is 9.35. The molecule has 2 aromatic rings. The lowest BCUT2D eigenvalue weighted by atomic mass is 10.1. The van der Waals surface area contributed by atoms with E-state index < -0.39 is 6.10 Å². The second-order valence-corrected chi connectivity index (χ2v) is 5.63. The van der Waals surface area contributed by atoms with Crippen LogP contribution in [0.2, 0.25) is 5.02 Å². The molecule has 0 aromatic heterocycles. The minimum absolute atomic E-state index is 0.445. The molecule has 100 valence electrons. The van der Waals surface area contributed by atoms with Gasteiger partial charge >= 0.3 is 0 Å². The molecule has 2 nitrogen and oxygen atoms in total. The van der Waals surface area contributed by atoms with Crippen LogP contribution in [0.15, 0.2) is 46.9 Å². The molecule has 2 aromatic carbocycles. The average molecular weight is 342 g/mol. The second-order valence-electron chi connectivity index (χ2n) is 4.28. The van der Waals surface area contributed by atoms with Crippen LogP contribution in [0.1, 0.15) is 24.2 Å². The monoisotopic (exact) mass is 340 g/mol. The molecule has 4 heteroatoms. The van der Waals surface area contributed by atoms with Crippen molar-refractivity contribution in [3.05, 3.63) is 63.1 Å². The molecule has 1 N–H and O–H groups in total.